The van der Waals surface area contributed by atoms with Gasteiger partial charge in [-0.25, -0.2) is 17.9 Å². The summed E-state index contributed by atoms with van der Waals surface area (Å²) in [5, 5.41) is 5.05. The highest BCUT2D eigenvalue weighted by atomic mass is 32.2. The van der Waals surface area contributed by atoms with Crippen LogP contribution in [0.2, 0.25) is 0 Å². The number of carbonyl (C=O) groups excluding carboxylic acids is 1. The molecule has 0 saturated carbocycles. The minimum absolute atomic E-state index is 0.0281. The molecule has 7 heteroatoms. The zero-order valence-electron chi connectivity index (χ0n) is 11.4. The third-order valence-electron chi connectivity index (χ3n) is 3.60. The highest BCUT2D eigenvalue weighted by Crippen LogP contribution is 2.24. The van der Waals surface area contributed by atoms with Gasteiger partial charge in [-0.3, -0.25) is 4.79 Å². The topological polar surface area (TPSA) is 80.5 Å². The lowest BCUT2D eigenvalue weighted by Crippen LogP contribution is -2.34. The molecule has 1 unspecified atom stereocenters. The first kappa shape index (κ1) is 14.9. The van der Waals surface area contributed by atoms with Crippen LogP contribution in [0.3, 0.4) is 0 Å². The predicted molar refractivity (Wildman–Crippen MR) is 72.2 cm³/mol. The molecule has 0 spiro atoms. The number of halogens is 1. The average Bonchev–Trinajstić information content (AvgIpc) is 2.76. The molecule has 0 radical (unpaired) electrons. The molecule has 1 aromatic carbocycles. The van der Waals surface area contributed by atoms with Crippen LogP contribution in [0.5, 0.6) is 0 Å². The van der Waals surface area contributed by atoms with Crippen LogP contribution in [0, 0.1) is 12.7 Å². The first-order valence-corrected chi connectivity index (χ1v) is 7.90. The Morgan fingerprint density at radius 3 is 2.60 bits per heavy atom. The molecule has 0 aromatic heterocycles. The van der Waals surface area contributed by atoms with E-state index in [1.807, 2.05) is 6.92 Å². The third kappa shape index (κ3) is 2.69. The van der Waals surface area contributed by atoms with Crippen molar-refractivity contribution in [3.63, 3.8) is 0 Å². The number of nitrogens with two attached hydrogens (primary N) is 1. The van der Waals surface area contributed by atoms with Crippen molar-refractivity contribution < 1.29 is 17.6 Å². The summed E-state index contributed by atoms with van der Waals surface area (Å²) in [7, 11) is -3.97. The van der Waals surface area contributed by atoms with Gasteiger partial charge in [0.05, 0.1) is 10.5 Å². The zero-order valence-corrected chi connectivity index (χ0v) is 12.2. The lowest BCUT2D eigenvalue weighted by atomic mass is 10.1. The SMILES string of the molecule is Cc1cc(S(N)(=O)=O)cc(C(=O)N2CCCC2C)c1F. The normalized spacial score (nSPS) is 19.4. The number of likely N-dealkylation sites (tertiary alicyclic amines) is 1. The first-order chi connectivity index (χ1) is 9.21. The Morgan fingerprint density at radius 1 is 1.45 bits per heavy atom. The van der Waals surface area contributed by atoms with Crippen molar-refractivity contribution in [2.45, 2.75) is 37.6 Å². The maximum absolute atomic E-state index is 14.1. The summed E-state index contributed by atoms with van der Waals surface area (Å²) in [5.41, 5.74) is -0.144. The monoisotopic (exact) mass is 300 g/mol. The molecule has 2 rings (SSSR count). The van der Waals surface area contributed by atoms with E-state index in [-0.39, 0.29) is 22.1 Å². The van der Waals surface area contributed by atoms with E-state index in [9.17, 15) is 17.6 Å². The van der Waals surface area contributed by atoms with Gasteiger partial charge in [-0.1, -0.05) is 0 Å². The number of primary sulfonamides is 1. The fourth-order valence-electron chi connectivity index (χ4n) is 2.45. The van der Waals surface area contributed by atoms with Crippen LogP contribution in [0.4, 0.5) is 4.39 Å². The molecule has 0 aliphatic carbocycles. The van der Waals surface area contributed by atoms with E-state index < -0.39 is 21.7 Å². The molecule has 1 aromatic rings. The number of sulfonamides is 1. The molecule has 0 bridgehead atoms. The number of hydrogen-bond donors (Lipinski definition) is 1. The van der Waals surface area contributed by atoms with Crippen LogP contribution in [0.1, 0.15) is 35.7 Å². The van der Waals surface area contributed by atoms with Crippen molar-refractivity contribution in [2.24, 2.45) is 5.14 Å². The maximum atomic E-state index is 14.1. The summed E-state index contributed by atoms with van der Waals surface area (Å²) in [6.07, 6.45) is 1.73. The van der Waals surface area contributed by atoms with E-state index in [4.69, 9.17) is 5.14 Å². The largest absolute Gasteiger partial charge is 0.336 e. The summed E-state index contributed by atoms with van der Waals surface area (Å²) in [6, 6.07) is 2.18. The summed E-state index contributed by atoms with van der Waals surface area (Å²) in [6.45, 7) is 3.85. The van der Waals surface area contributed by atoms with Crippen LogP contribution in [0.15, 0.2) is 17.0 Å². The Hall–Kier alpha value is -1.47. The number of aryl methyl sites for hydroxylation is 1. The van der Waals surface area contributed by atoms with Gasteiger partial charge in [-0.05, 0) is 44.4 Å². The molecule has 20 heavy (non-hydrogen) atoms. The summed E-state index contributed by atoms with van der Waals surface area (Å²) in [5.74, 6) is -1.18. The van der Waals surface area contributed by atoms with E-state index in [2.05, 4.69) is 0 Å². The standard InChI is InChI=1S/C13H17FN2O3S/c1-8-6-10(20(15,18)19)7-11(12(8)14)13(17)16-5-3-4-9(16)2/h6-7,9H,3-5H2,1-2H3,(H2,15,18,19). The molecule has 1 saturated heterocycles. The molecule has 5 nitrogen and oxygen atoms in total. The van der Waals surface area contributed by atoms with Crippen molar-refractivity contribution in [1.82, 2.24) is 4.90 Å². The summed E-state index contributed by atoms with van der Waals surface area (Å²) < 4.78 is 36.9. The van der Waals surface area contributed by atoms with E-state index >= 15 is 0 Å². The van der Waals surface area contributed by atoms with E-state index in [1.165, 1.54) is 6.92 Å². The Kier molecular flexibility index (Phi) is 3.84. The molecule has 1 atom stereocenters. The minimum Gasteiger partial charge on any atom is -0.336 e. The van der Waals surface area contributed by atoms with E-state index in [0.717, 1.165) is 25.0 Å². The van der Waals surface area contributed by atoms with Gasteiger partial charge in [0.15, 0.2) is 0 Å². The van der Waals surface area contributed by atoms with Crippen molar-refractivity contribution in [3.8, 4) is 0 Å². The fourth-order valence-corrected chi connectivity index (χ4v) is 3.07. The van der Waals surface area contributed by atoms with Crippen molar-refractivity contribution in [3.05, 3.63) is 29.1 Å². The van der Waals surface area contributed by atoms with Gasteiger partial charge >= 0.3 is 0 Å². The highest BCUT2D eigenvalue weighted by Gasteiger charge is 2.29. The van der Waals surface area contributed by atoms with Crippen molar-refractivity contribution in [1.29, 1.82) is 0 Å². The minimum atomic E-state index is -3.97. The lowest BCUT2D eigenvalue weighted by Gasteiger charge is -2.22. The number of benzene rings is 1. The molecular weight excluding hydrogens is 283 g/mol. The summed E-state index contributed by atoms with van der Waals surface area (Å²) >= 11 is 0. The van der Waals surface area contributed by atoms with Gasteiger partial charge in [0.2, 0.25) is 10.0 Å². The Balaban J connectivity index is 2.50. The summed E-state index contributed by atoms with van der Waals surface area (Å²) in [4.78, 5) is 13.7. The molecule has 1 fully saturated rings. The Labute approximate surface area is 117 Å². The lowest BCUT2D eigenvalue weighted by molar-refractivity contribution is 0.0742. The fraction of sp³-hybridized carbons (Fsp3) is 0.462. The van der Waals surface area contributed by atoms with Crippen LogP contribution in [-0.4, -0.2) is 31.8 Å². The number of hydrogen-bond acceptors (Lipinski definition) is 3. The Bertz CT molecular complexity index is 658. The highest BCUT2D eigenvalue weighted by molar-refractivity contribution is 7.89. The van der Waals surface area contributed by atoms with Gasteiger partial charge in [-0.15, -0.1) is 0 Å². The predicted octanol–water partition coefficient (Wildman–Crippen LogP) is 1.41. The maximum Gasteiger partial charge on any atom is 0.257 e. The van der Waals surface area contributed by atoms with Crippen LogP contribution < -0.4 is 5.14 Å². The molecule has 1 heterocycles. The van der Waals surface area contributed by atoms with Gasteiger partial charge in [0, 0.05) is 12.6 Å². The average molecular weight is 300 g/mol. The second-order valence-corrected chi connectivity index (χ2v) is 6.70. The van der Waals surface area contributed by atoms with Crippen LogP contribution >= 0.6 is 0 Å². The van der Waals surface area contributed by atoms with Crippen LogP contribution in [-0.2, 0) is 10.0 Å². The van der Waals surface area contributed by atoms with Gasteiger partial charge < -0.3 is 4.90 Å². The second-order valence-electron chi connectivity index (χ2n) is 5.14. The number of rotatable bonds is 2. The van der Waals surface area contributed by atoms with E-state index in [0.29, 0.717) is 6.54 Å². The second kappa shape index (κ2) is 5.14. The molecular formula is C13H17FN2O3S. The number of carbonyl (C=O) groups is 1. The molecule has 110 valence electrons. The number of amides is 1. The zero-order chi connectivity index (χ0) is 15.1. The number of nitrogens with zero attached hydrogens (tertiary/aromatic N) is 1. The smallest absolute Gasteiger partial charge is 0.257 e. The molecule has 1 aliphatic heterocycles. The van der Waals surface area contributed by atoms with Crippen molar-refractivity contribution in [2.75, 3.05) is 6.54 Å². The van der Waals surface area contributed by atoms with Crippen LogP contribution in [0.25, 0.3) is 0 Å². The quantitative estimate of drug-likeness (QED) is 0.896. The van der Waals surface area contributed by atoms with Gasteiger partial charge in [-0.2, -0.15) is 0 Å². The first-order valence-electron chi connectivity index (χ1n) is 6.35. The molecule has 1 aliphatic rings. The Morgan fingerprint density at radius 2 is 2.10 bits per heavy atom. The van der Waals surface area contributed by atoms with Gasteiger partial charge in [0.1, 0.15) is 5.82 Å². The van der Waals surface area contributed by atoms with E-state index in [1.54, 1.807) is 4.90 Å². The molecule has 2 N–H and O–H groups in total. The van der Waals surface area contributed by atoms with Crippen molar-refractivity contribution >= 4 is 15.9 Å². The van der Waals surface area contributed by atoms with Gasteiger partial charge in [0.25, 0.3) is 5.91 Å². The molecule has 1 amide bonds. The third-order valence-corrected chi connectivity index (χ3v) is 4.49.